The van der Waals surface area contributed by atoms with Crippen LogP contribution in [-0.4, -0.2) is 6.26 Å². The lowest BCUT2D eigenvalue weighted by atomic mass is 9.96. The molecule has 0 aromatic heterocycles. The molecule has 0 radical (unpaired) electrons. The zero-order valence-electron chi connectivity index (χ0n) is 10.6. The molecule has 0 aliphatic rings. The van der Waals surface area contributed by atoms with Gasteiger partial charge in [-0.1, -0.05) is 23.7 Å². The van der Waals surface area contributed by atoms with Crippen molar-refractivity contribution < 1.29 is 0 Å². The molecule has 20 heavy (non-hydrogen) atoms. The number of hydrogen-bond donors (Lipinski definition) is 1. The number of rotatable bonds is 2. The summed E-state index contributed by atoms with van der Waals surface area (Å²) in [5, 5.41) is 19.1. The molecule has 0 amide bonds. The van der Waals surface area contributed by atoms with Gasteiger partial charge < -0.3 is 5.73 Å². The molecule has 5 heteroatoms. The maximum absolute atomic E-state index is 9.33. The second-order valence-corrected chi connectivity index (χ2v) is 5.31. The second kappa shape index (κ2) is 5.88. The van der Waals surface area contributed by atoms with Gasteiger partial charge in [0.05, 0.1) is 16.8 Å². The molecule has 3 nitrogen and oxygen atoms in total. The van der Waals surface area contributed by atoms with E-state index in [0.717, 1.165) is 10.5 Å². The Kier molecular flexibility index (Phi) is 4.20. The van der Waals surface area contributed by atoms with Crippen molar-refractivity contribution in [2.75, 3.05) is 12.0 Å². The van der Waals surface area contributed by atoms with E-state index in [1.165, 1.54) is 11.8 Å². The highest BCUT2D eigenvalue weighted by Gasteiger charge is 2.16. The van der Waals surface area contributed by atoms with Crippen molar-refractivity contribution in [1.29, 1.82) is 10.5 Å². The van der Waals surface area contributed by atoms with Crippen molar-refractivity contribution in [3.63, 3.8) is 0 Å². The topological polar surface area (TPSA) is 73.6 Å². The number of nitriles is 2. The third-order valence-electron chi connectivity index (χ3n) is 2.93. The number of anilines is 1. The van der Waals surface area contributed by atoms with Crippen molar-refractivity contribution in [1.82, 2.24) is 0 Å². The molecule has 2 aromatic carbocycles. The van der Waals surface area contributed by atoms with Crippen LogP contribution < -0.4 is 5.73 Å². The summed E-state index contributed by atoms with van der Waals surface area (Å²) in [5.41, 5.74) is 8.43. The number of hydrogen-bond acceptors (Lipinski definition) is 4. The van der Waals surface area contributed by atoms with Crippen LogP contribution in [0.2, 0.25) is 5.02 Å². The lowest BCUT2D eigenvalue weighted by Gasteiger charge is -2.12. The van der Waals surface area contributed by atoms with E-state index < -0.39 is 0 Å². The fraction of sp³-hybridized carbons (Fsp3) is 0.0667. The van der Waals surface area contributed by atoms with Crippen LogP contribution in [0.1, 0.15) is 11.1 Å². The molecule has 0 aliphatic carbocycles. The number of halogens is 1. The normalized spacial score (nSPS) is 9.80. The van der Waals surface area contributed by atoms with Crippen molar-refractivity contribution in [2.45, 2.75) is 4.90 Å². The summed E-state index contributed by atoms with van der Waals surface area (Å²) >= 11 is 7.30. The summed E-state index contributed by atoms with van der Waals surface area (Å²) in [5.74, 6) is 0. The summed E-state index contributed by atoms with van der Waals surface area (Å²) in [6.45, 7) is 0. The Hall–Kier alpha value is -2.14. The minimum Gasteiger partial charge on any atom is -0.397 e. The highest BCUT2D eigenvalue weighted by atomic mass is 35.5. The summed E-state index contributed by atoms with van der Waals surface area (Å²) in [6, 6.07) is 13.1. The maximum Gasteiger partial charge on any atom is 0.103 e. The average molecular weight is 300 g/mol. The van der Waals surface area contributed by atoms with Crippen molar-refractivity contribution in [2.24, 2.45) is 0 Å². The Morgan fingerprint density at radius 3 is 2.20 bits per heavy atom. The highest BCUT2D eigenvalue weighted by molar-refractivity contribution is 7.98. The van der Waals surface area contributed by atoms with Gasteiger partial charge in [0.15, 0.2) is 0 Å². The molecule has 2 N–H and O–H groups in total. The third kappa shape index (κ3) is 2.44. The van der Waals surface area contributed by atoms with Crippen LogP contribution in [0.25, 0.3) is 11.1 Å². The van der Waals surface area contributed by atoms with Gasteiger partial charge >= 0.3 is 0 Å². The fourth-order valence-electron chi connectivity index (χ4n) is 1.93. The summed E-state index contributed by atoms with van der Waals surface area (Å²) in [6.07, 6.45) is 1.87. The Labute approximate surface area is 126 Å². The van der Waals surface area contributed by atoms with E-state index in [0.29, 0.717) is 21.7 Å². The Balaban J connectivity index is 2.77. The molecule has 0 aliphatic heterocycles. The highest BCUT2D eigenvalue weighted by Crippen LogP contribution is 2.36. The molecule has 0 fully saturated rings. The maximum atomic E-state index is 9.33. The molecular weight excluding hydrogens is 290 g/mol. The van der Waals surface area contributed by atoms with E-state index in [1.807, 2.05) is 24.5 Å². The number of benzene rings is 2. The quantitative estimate of drug-likeness (QED) is 0.670. The monoisotopic (exact) mass is 299 g/mol. The molecular formula is C15H10ClN3S. The molecule has 2 rings (SSSR count). The largest absolute Gasteiger partial charge is 0.397 e. The van der Waals surface area contributed by atoms with E-state index in [1.54, 1.807) is 12.1 Å². The predicted octanol–water partition coefficient (Wildman–Crippen LogP) is 4.05. The van der Waals surface area contributed by atoms with Gasteiger partial charge in [-0.2, -0.15) is 10.5 Å². The van der Waals surface area contributed by atoms with E-state index in [-0.39, 0.29) is 5.69 Å². The van der Waals surface area contributed by atoms with Crippen LogP contribution >= 0.6 is 23.4 Å². The van der Waals surface area contributed by atoms with Gasteiger partial charge in [0.25, 0.3) is 0 Å². The summed E-state index contributed by atoms with van der Waals surface area (Å²) in [4.78, 5) is 0.758. The zero-order chi connectivity index (χ0) is 14.7. The van der Waals surface area contributed by atoms with Gasteiger partial charge in [-0.05, 0) is 30.0 Å². The molecule has 0 atom stereocenters. The van der Waals surface area contributed by atoms with Crippen LogP contribution in [0.15, 0.2) is 35.2 Å². The van der Waals surface area contributed by atoms with Crippen molar-refractivity contribution in [3.8, 4) is 23.3 Å². The molecule has 98 valence electrons. The lowest BCUT2D eigenvalue weighted by molar-refractivity contribution is 1.35. The van der Waals surface area contributed by atoms with Crippen molar-refractivity contribution >= 4 is 29.1 Å². The van der Waals surface area contributed by atoms with E-state index in [9.17, 15) is 10.5 Å². The fourth-order valence-corrected chi connectivity index (χ4v) is 2.65. The lowest BCUT2D eigenvalue weighted by Crippen LogP contribution is -1.99. The van der Waals surface area contributed by atoms with Gasteiger partial charge in [0, 0.05) is 15.5 Å². The Morgan fingerprint density at radius 2 is 1.70 bits per heavy atom. The van der Waals surface area contributed by atoms with Crippen molar-refractivity contribution in [3.05, 3.63) is 46.5 Å². The molecule has 0 spiro atoms. The average Bonchev–Trinajstić information content (AvgIpc) is 2.47. The first-order valence-corrected chi connectivity index (χ1v) is 7.29. The first-order chi connectivity index (χ1) is 9.62. The minimum absolute atomic E-state index is 0.229. The van der Waals surface area contributed by atoms with Gasteiger partial charge in [0.1, 0.15) is 12.1 Å². The third-order valence-corrected chi connectivity index (χ3v) is 3.94. The van der Waals surface area contributed by atoms with Gasteiger partial charge in [-0.15, -0.1) is 11.8 Å². The number of nitrogen functional groups attached to an aromatic ring is 1. The predicted molar refractivity (Wildman–Crippen MR) is 82.5 cm³/mol. The zero-order valence-corrected chi connectivity index (χ0v) is 12.2. The number of thioether (sulfide) groups is 1. The smallest absolute Gasteiger partial charge is 0.103 e. The Bertz CT molecular complexity index is 740. The molecule has 0 bridgehead atoms. The van der Waals surface area contributed by atoms with Gasteiger partial charge in [-0.25, -0.2) is 0 Å². The van der Waals surface area contributed by atoms with Gasteiger partial charge in [-0.3, -0.25) is 0 Å². The summed E-state index contributed by atoms with van der Waals surface area (Å²) in [7, 11) is 0. The summed E-state index contributed by atoms with van der Waals surface area (Å²) < 4.78 is 0. The number of nitrogens with zero attached hydrogens (tertiary/aromatic N) is 2. The first kappa shape index (κ1) is 14.3. The second-order valence-electron chi connectivity index (χ2n) is 4.02. The minimum atomic E-state index is 0.229. The van der Waals surface area contributed by atoms with E-state index in [2.05, 4.69) is 12.1 Å². The Morgan fingerprint density at radius 1 is 1.10 bits per heavy atom. The number of nitrogens with two attached hydrogens (primary N) is 1. The van der Waals surface area contributed by atoms with E-state index >= 15 is 0 Å². The first-order valence-electron chi connectivity index (χ1n) is 5.69. The van der Waals surface area contributed by atoms with Crippen LogP contribution in [0.4, 0.5) is 5.69 Å². The standard InChI is InChI=1S/C15H10ClN3S/c1-20-14-6-11(9-2-4-10(16)5-3-9)12(7-17)15(19)13(14)8-18/h2-6H,19H2,1H3. The van der Waals surface area contributed by atoms with Gasteiger partial charge in [0.2, 0.25) is 0 Å². The van der Waals surface area contributed by atoms with Crippen LogP contribution in [0.5, 0.6) is 0 Å². The molecule has 0 saturated carbocycles. The molecule has 0 unspecified atom stereocenters. The molecule has 0 saturated heterocycles. The van der Waals surface area contributed by atoms with Crippen LogP contribution in [0.3, 0.4) is 0 Å². The molecule has 2 aromatic rings. The SMILES string of the molecule is CSc1cc(-c2ccc(Cl)cc2)c(C#N)c(N)c1C#N. The van der Waals surface area contributed by atoms with E-state index in [4.69, 9.17) is 17.3 Å². The molecule has 0 heterocycles. The van der Waals surface area contributed by atoms with Crippen LogP contribution in [0, 0.1) is 22.7 Å². The van der Waals surface area contributed by atoms with Crippen LogP contribution in [-0.2, 0) is 0 Å².